The van der Waals surface area contributed by atoms with Crippen molar-refractivity contribution in [1.29, 1.82) is 5.26 Å². The topological polar surface area (TPSA) is 125 Å². The molecule has 0 aliphatic rings. The Morgan fingerprint density at radius 3 is 2.81 bits per heavy atom. The molecule has 1 amide bonds. The summed E-state index contributed by atoms with van der Waals surface area (Å²) in [6.07, 6.45) is 5.54. The minimum Gasteiger partial charge on any atom is -0.337 e. The highest BCUT2D eigenvalue weighted by Crippen LogP contribution is 2.25. The molecule has 0 radical (unpaired) electrons. The van der Waals surface area contributed by atoms with Gasteiger partial charge in [0, 0.05) is 17.4 Å². The number of nitriles is 1. The van der Waals surface area contributed by atoms with Crippen molar-refractivity contribution in [2.24, 2.45) is 0 Å². The van der Waals surface area contributed by atoms with E-state index in [4.69, 9.17) is 9.78 Å². The molecule has 3 aromatic heterocycles. The van der Waals surface area contributed by atoms with E-state index in [-0.39, 0.29) is 23.8 Å². The highest BCUT2D eigenvalue weighted by atomic mass is 16.5. The van der Waals surface area contributed by atoms with E-state index in [1.165, 1.54) is 0 Å². The SMILES string of the molecule is Cc1noc(NC(=O)Cc2ccc(-n3cnc4cc(-c5cn[nH]c5)ccc43)cc2)c1C#N. The number of benzene rings is 2. The number of aromatic nitrogens is 5. The Kier molecular flexibility index (Phi) is 4.72. The van der Waals surface area contributed by atoms with Crippen LogP contribution in [0, 0.1) is 18.3 Å². The standard InChI is InChI=1S/C23H17N7O2/c1-14-19(10-24)23(32-29-14)28-22(31)8-15-2-5-18(6-3-15)30-13-25-20-9-16(4-7-21(20)30)17-11-26-27-12-17/h2-7,9,11-13H,8H2,1H3,(H,26,27)(H,28,31). The molecule has 0 atom stereocenters. The van der Waals surface area contributed by atoms with Gasteiger partial charge in [-0.1, -0.05) is 23.4 Å². The second-order valence-electron chi connectivity index (χ2n) is 7.28. The van der Waals surface area contributed by atoms with E-state index < -0.39 is 0 Å². The largest absolute Gasteiger partial charge is 0.337 e. The summed E-state index contributed by atoms with van der Waals surface area (Å²) < 4.78 is 7.01. The van der Waals surface area contributed by atoms with E-state index in [1.54, 1.807) is 19.4 Å². The molecule has 9 heteroatoms. The molecule has 0 spiro atoms. The Balaban J connectivity index is 1.33. The molecule has 2 N–H and O–H groups in total. The zero-order valence-corrected chi connectivity index (χ0v) is 17.0. The number of H-pyrrole nitrogens is 1. The first-order chi connectivity index (χ1) is 15.6. The number of amides is 1. The van der Waals surface area contributed by atoms with Gasteiger partial charge in [0.15, 0.2) is 0 Å². The third-order valence-electron chi connectivity index (χ3n) is 5.19. The maximum atomic E-state index is 12.3. The van der Waals surface area contributed by atoms with E-state index in [1.807, 2.05) is 59.3 Å². The van der Waals surface area contributed by atoms with Crippen molar-refractivity contribution in [1.82, 2.24) is 24.9 Å². The molecule has 0 aliphatic carbocycles. The highest BCUT2D eigenvalue weighted by Gasteiger charge is 2.15. The summed E-state index contributed by atoms with van der Waals surface area (Å²) in [6, 6.07) is 15.7. The van der Waals surface area contributed by atoms with Crippen molar-refractivity contribution < 1.29 is 9.32 Å². The van der Waals surface area contributed by atoms with Gasteiger partial charge < -0.3 is 4.52 Å². The first kappa shape index (κ1) is 19.3. The van der Waals surface area contributed by atoms with Gasteiger partial charge >= 0.3 is 0 Å². The van der Waals surface area contributed by atoms with Gasteiger partial charge in [0.2, 0.25) is 11.8 Å². The number of hydrogen-bond acceptors (Lipinski definition) is 6. The van der Waals surface area contributed by atoms with Gasteiger partial charge in [-0.2, -0.15) is 10.4 Å². The minimum absolute atomic E-state index is 0.0753. The van der Waals surface area contributed by atoms with Crippen LogP contribution in [-0.2, 0) is 11.2 Å². The fraction of sp³-hybridized carbons (Fsp3) is 0.0870. The molecule has 3 heterocycles. The highest BCUT2D eigenvalue weighted by molar-refractivity contribution is 5.92. The third kappa shape index (κ3) is 3.50. The van der Waals surface area contributed by atoms with Crippen molar-refractivity contribution >= 4 is 22.8 Å². The maximum Gasteiger partial charge on any atom is 0.249 e. The van der Waals surface area contributed by atoms with Gasteiger partial charge in [-0.05, 0) is 42.3 Å². The fourth-order valence-electron chi connectivity index (χ4n) is 3.52. The van der Waals surface area contributed by atoms with Crippen LogP contribution in [0.2, 0.25) is 0 Å². The summed E-state index contributed by atoms with van der Waals surface area (Å²) in [7, 11) is 0. The summed E-state index contributed by atoms with van der Waals surface area (Å²) in [4.78, 5) is 16.9. The zero-order valence-electron chi connectivity index (χ0n) is 17.0. The maximum absolute atomic E-state index is 12.3. The van der Waals surface area contributed by atoms with Crippen molar-refractivity contribution in [2.75, 3.05) is 5.32 Å². The Hall–Kier alpha value is -4.71. The molecule has 0 fully saturated rings. The molecule has 32 heavy (non-hydrogen) atoms. The number of hydrogen-bond donors (Lipinski definition) is 2. The molecule has 5 rings (SSSR count). The molecule has 0 aliphatic heterocycles. The van der Waals surface area contributed by atoms with Crippen molar-refractivity contribution in [3.8, 4) is 22.9 Å². The lowest BCUT2D eigenvalue weighted by molar-refractivity contribution is -0.115. The summed E-state index contributed by atoms with van der Waals surface area (Å²) in [6.45, 7) is 1.65. The average Bonchev–Trinajstić information content (AvgIpc) is 3.54. The smallest absolute Gasteiger partial charge is 0.249 e. The molecule has 0 unspecified atom stereocenters. The molecule has 0 bridgehead atoms. The molecular weight excluding hydrogens is 406 g/mol. The van der Waals surface area contributed by atoms with Gasteiger partial charge in [0.25, 0.3) is 0 Å². The first-order valence-electron chi connectivity index (χ1n) is 9.84. The monoisotopic (exact) mass is 423 g/mol. The predicted molar refractivity (Wildman–Crippen MR) is 117 cm³/mol. The van der Waals surface area contributed by atoms with Crippen LogP contribution >= 0.6 is 0 Å². The van der Waals surface area contributed by atoms with Crippen LogP contribution in [-0.4, -0.2) is 30.8 Å². The number of aryl methyl sites for hydroxylation is 1. The summed E-state index contributed by atoms with van der Waals surface area (Å²) in [5.41, 5.74) is 6.34. The number of anilines is 1. The third-order valence-corrected chi connectivity index (χ3v) is 5.19. The van der Waals surface area contributed by atoms with E-state index in [0.29, 0.717) is 5.69 Å². The summed E-state index contributed by atoms with van der Waals surface area (Å²) in [5, 5.41) is 22.3. The normalized spacial score (nSPS) is 10.9. The molecule has 0 saturated carbocycles. The Bertz CT molecular complexity index is 1450. The molecule has 0 saturated heterocycles. The number of imidazole rings is 1. The van der Waals surface area contributed by atoms with E-state index >= 15 is 0 Å². The lowest BCUT2D eigenvalue weighted by Crippen LogP contribution is -2.14. The summed E-state index contributed by atoms with van der Waals surface area (Å²) in [5.74, 6) is -0.212. The van der Waals surface area contributed by atoms with Crippen LogP contribution in [0.3, 0.4) is 0 Å². The summed E-state index contributed by atoms with van der Waals surface area (Å²) >= 11 is 0. The van der Waals surface area contributed by atoms with Crippen LogP contribution in [0.25, 0.3) is 27.8 Å². The van der Waals surface area contributed by atoms with Crippen LogP contribution in [0.1, 0.15) is 16.8 Å². The van der Waals surface area contributed by atoms with Crippen molar-refractivity contribution in [3.63, 3.8) is 0 Å². The Morgan fingerprint density at radius 1 is 1.22 bits per heavy atom. The predicted octanol–water partition coefficient (Wildman–Crippen LogP) is 3.76. The molecule has 2 aromatic carbocycles. The van der Waals surface area contributed by atoms with Crippen LogP contribution < -0.4 is 5.32 Å². The number of rotatable bonds is 5. The number of nitrogens with one attached hydrogen (secondary N) is 2. The van der Waals surface area contributed by atoms with Crippen molar-refractivity contribution in [3.05, 3.63) is 78.0 Å². The number of fused-ring (bicyclic) bond motifs is 1. The lowest BCUT2D eigenvalue weighted by Gasteiger charge is -2.07. The minimum atomic E-state index is -0.287. The number of carbonyl (C=O) groups is 1. The second-order valence-corrected chi connectivity index (χ2v) is 7.28. The van der Waals surface area contributed by atoms with Crippen LogP contribution in [0.15, 0.2) is 65.7 Å². The quantitative estimate of drug-likeness (QED) is 0.443. The van der Waals surface area contributed by atoms with E-state index in [2.05, 4.69) is 25.7 Å². The Morgan fingerprint density at radius 2 is 2.06 bits per heavy atom. The molecular formula is C23H17N7O2. The Labute approximate surface area is 182 Å². The molecule has 9 nitrogen and oxygen atoms in total. The number of carbonyl (C=O) groups excluding carboxylic acids is 1. The van der Waals surface area contributed by atoms with Gasteiger partial charge in [0.05, 0.1) is 23.7 Å². The number of nitrogens with zero attached hydrogens (tertiary/aromatic N) is 5. The van der Waals surface area contributed by atoms with Gasteiger partial charge in [-0.3, -0.25) is 19.8 Å². The zero-order chi connectivity index (χ0) is 22.1. The van der Waals surface area contributed by atoms with Crippen LogP contribution in [0.4, 0.5) is 5.88 Å². The average molecular weight is 423 g/mol. The van der Waals surface area contributed by atoms with E-state index in [9.17, 15) is 4.79 Å². The van der Waals surface area contributed by atoms with Crippen LogP contribution in [0.5, 0.6) is 0 Å². The fourth-order valence-corrected chi connectivity index (χ4v) is 3.52. The second kappa shape index (κ2) is 7.85. The van der Waals surface area contributed by atoms with E-state index in [0.717, 1.165) is 33.4 Å². The molecule has 5 aromatic rings. The van der Waals surface area contributed by atoms with Gasteiger partial charge in [-0.25, -0.2) is 4.98 Å². The lowest BCUT2D eigenvalue weighted by atomic mass is 10.1. The number of aromatic amines is 1. The van der Waals surface area contributed by atoms with Crippen molar-refractivity contribution in [2.45, 2.75) is 13.3 Å². The first-order valence-corrected chi connectivity index (χ1v) is 9.84. The van der Waals surface area contributed by atoms with Gasteiger partial charge in [0.1, 0.15) is 23.7 Å². The molecule has 156 valence electrons. The van der Waals surface area contributed by atoms with Gasteiger partial charge in [-0.15, -0.1) is 0 Å².